The van der Waals surface area contributed by atoms with Gasteiger partial charge in [0.05, 0.1) is 12.3 Å². The number of Topliss-reactive ketones (excluding diaryl/α,β-unsaturated/α-hetero) is 1. The van der Waals surface area contributed by atoms with Gasteiger partial charge in [-0.2, -0.15) is 0 Å². The van der Waals surface area contributed by atoms with E-state index in [9.17, 15) is 4.79 Å². The number of H-pyrrole nitrogens is 1. The van der Waals surface area contributed by atoms with E-state index in [1.54, 1.807) is 12.3 Å². The van der Waals surface area contributed by atoms with Crippen LogP contribution in [0, 0.1) is 0 Å². The fraction of sp³-hybridized carbons (Fsp3) is 0.154. The Labute approximate surface area is 94.1 Å². The molecule has 0 aliphatic rings. The molecule has 0 spiro atoms. The van der Waals surface area contributed by atoms with Crippen LogP contribution in [0.4, 0.5) is 0 Å². The van der Waals surface area contributed by atoms with Crippen molar-refractivity contribution in [1.82, 2.24) is 4.98 Å². The monoisotopic (exact) mass is 215 g/mol. The Hall–Kier alpha value is -2.03. The van der Waals surface area contributed by atoms with E-state index in [-0.39, 0.29) is 5.78 Å². The van der Waals surface area contributed by atoms with E-state index in [2.05, 4.69) is 4.98 Å². The standard InChI is InChI=1S/C13H13NO2/c15-13(12-7-4-9-14-12)8-10-16-11-5-2-1-3-6-11/h1-7,9,14H,8,10H2. The molecule has 0 aliphatic heterocycles. The lowest BCUT2D eigenvalue weighted by Crippen LogP contribution is -2.06. The van der Waals surface area contributed by atoms with Crippen LogP contribution in [-0.4, -0.2) is 17.4 Å². The molecule has 0 aliphatic carbocycles. The Bertz CT molecular complexity index is 434. The molecule has 2 aromatic rings. The van der Waals surface area contributed by atoms with Crippen molar-refractivity contribution >= 4 is 5.78 Å². The first-order valence-corrected chi connectivity index (χ1v) is 5.21. The smallest absolute Gasteiger partial charge is 0.182 e. The van der Waals surface area contributed by atoms with Crippen LogP contribution in [0.5, 0.6) is 5.75 Å². The minimum Gasteiger partial charge on any atom is -0.493 e. The molecule has 3 nitrogen and oxygen atoms in total. The SMILES string of the molecule is O=C(CCOc1ccccc1)c1ccc[nH]1. The molecule has 0 saturated heterocycles. The van der Waals surface area contributed by atoms with Crippen LogP contribution in [-0.2, 0) is 0 Å². The molecular formula is C13H13NO2. The van der Waals surface area contributed by atoms with Crippen LogP contribution >= 0.6 is 0 Å². The summed E-state index contributed by atoms with van der Waals surface area (Å²) < 4.78 is 5.44. The molecule has 16 heavy (non-hydrogen) atoms. The van der Waals surface area contributed by atoms with Gasteiger partial charge in [0.15, 0.2) is 5.78 Å². The highest BCUT2D eigenvalue weighted by molar-refractivity contribution is 5.94. The summed E-state index contributed by atoms with van der Waals surface area (Å²) in [4.78, 5) is 14.5. The van der Waals surface area contributed by atoms with Gasteiger partial charge >= 0.3 is 0 Å². The molecule has 0 amide bonds. The predicted molar refractivity (Wildman–Crippen MR) is 61.7 cm³/mol. The van der Waals surface area contributed by atoms with Crippen molar-refractivity contribution in [1.29, 1.82) is 0 Å². The highest BCUT2D eigenvalue weighted by Gasteiger charge is 2.05. The van der Waals surface area contributed by atoms with Crippen molar-refractivity contribution in [2.24, 2.45) is 0 Å². The fourth-order valence-electron chi connectivity index (χ4n) is 1.42. The molecule has 0 unspecified atom stereocenters. The molecule has 1 N–H and O–H groups in total. The van der Waals surface area contributed by atoms with Crippen LogP contribution < -0.4 is 4.74 Å². The van der Waals surface area contributed by atoms with Gasteiger partial charge in [-0.05, 0) is 24.3 Å². The minimum atomic E-state index is 0.0703. The number of aromatic amines is 1. The molecule has 0 bridgehead atoms. The number of nitrogens with one attached hydrogen (secondary N) is 1. The quantitative estimate of drug-likeness (QED) is 0.779. The van der Waals surface area contributed by atoms with E-state index < -0.39 is 0 Å². The molecule has 0 radical (unpaired) electrons. The summed E-state index contributed by atoms with van der Waals surface area (Å²) in [5.41, 5.74) is 0.636. The van der Waals surface area contributed by atoms with Crippen molar-refractivity contribution < 1.29 is 9.53 Å². The second-order valence-electron chi connectivity index (χ2n) is 3.42. The Morgan fingerprint density at radius 3 is 2.62 bits per heavy atom. The van der Waals surface area contributed by atoms with Crippen LogP contribution in [0.2, 0.25) is 0 Å². The lowest BCUT2D eigenvalue weighted by Gasteiger charge is -2.04. The van der Waals surface area contributed by atoms with E-state index in [4.69, 9.17) is 4.74 Å². The maximum absolute atomic E-state index is 11.6. The number of benzene rings is 1. The first-order valence-electron chi connectivity index (χ1n) is 5.21. The van der Waals surface area contributed by atoms with Gasteiger partial charge < -0.3 is 9.72 Å². The van der Waals surface area contributed by atoms with E-state index in [0.29, 0.717) is 18.7 Å². The van der Waals surface area contributed by atoms with Crippen molar-refractivity contribution in [3.8, 4) is 5.75 Å². The highest BCUT2D eigenvalue weighted by Crippen LogP contribution is 2.09. The Kier molecular flexibility index (Phi) is 3.38. The summed E-state index contributed by atoms with van der Waals surface area (Å²) in [6, 6.07) is 13.1. The Morgan fingerprint density at radius 1 is 1.12 bits per heavy atom. The van der Waals surface area contributed by atoms with E-state index in [1.165, 1.54) is 0 Å². The minimum absolute atomic E-state index is 0.0703. The zero-order valence-corrected chi connectivity index (χ0v) is 8.85. The van der Waals surface area contributed by atoms with Crippen molar-refractivity contribution in [3.05, 3.63) is 54.4 Å². The predicted octanol–water partition coefficient (Wildman–Crippen LogP) is 2.67. The number of para-hydroxylation sites is 1. The molecule has 1 aromatic heterocycles. The highest BCUT2D eigenvalue weighted by atomic mass is 16.5. The van der Waals surface area contributed by atoms with E-state index >= 15 is 0 Å². The second kappa shape index (κ2) is 5.16. The van der Waals surface area contributed by atoms with Gasteiger partial charge in [0.2, 0.25) is 0 Å². The number of aromatic nitrogens is 1. The van der Waals surface area contributed by atoms with Gasteiger partial charge in [0, 0.05) is 12.6 Å². The molecule has 0 fully saturated rings. The average molecular weight is 215 g/mol. The molecule has 0 saturated carbocycles. The number of carbonyl (C=O) groups is 1. The maximum atomic E-state index is 11.6. The number of hydrogen-bond donors (Lipinski definition) is 1. The van der Waals surface area contributed by atoms with Gasteiger partial charge in [-0.25, -0.2) is 0 Å². The van der Waals surface area contributed by atoms with Gasteiger partial charge in [-0.15, -0.1) is 0 Å². The summed E-state index contributed by atoms with van der Waals surface area (Å²) in [6.07, 6.45) is 2.13. The number of carbonyl (C=O) groups excluding carboxylic acids is 1. The number of hydrogen-bond acceptors (Lipinski definition) is 2. The van der Waals surface area contributed by atoms with E-state index in [0.717, 1.165) is 5.75 Å². The zero-order valence-electron chi connectivity index (χ0n) is 8.85. The summed E-state index contributed by atoms with van der Waals surface area (Å²) in [6.45, 7) is 0.405. The first kappa shape index (κ1) is 10.5. The van der Waals surface area contributed by atoms with Crippen LogP contribution in [0.15, 0.2) is 48.7 Å². The van der Waals surface area contributed by atoms with Gasteiger partial charge in [0.25, 0.3) is 0 Å². The maximum Gasteiger partial charge on any atom is 0.182 e. The number of rotatable bonds is 5. The van der Waals surface area contributed by atoms with Gasteiger partial charge in [-0.1, -0.05) is 18.2 Å². The van der Waals surface area contributed by atoms with E-state index in [1.807, 2.05) is 36.4 Å². The largest absolute Gasteiger partial charge is 0.493 e. The summed E-state index contributed by atoms with van der Waals surface area (Å²) in [5.74, 6) is 0.864. The average Bonchev–Trinajstić information content (AvgIpc) is 2.84. The normalized spacial score (nSPS) is 10.0. The van der Waals surface area contributed by atoms with Crippen molar-refractivity contribution in [2.75, 3.05) is 6.61 Å². The summed E-state index contributed by atoms with van der Waals surface area (Å²) >= 11 is 0. The molecular weight excluding hydrogens is 202 g/mol. The van der Waals surface area contributed by atoms with Gasteiger partial charge in [-0.3, -0.25) is 4.79 Å². The van der Waals surface area contributed by atoms with Crippen LogP contribution in [0.3, 0.4) is 0 Å². The second-order valence-corrected chi connectivity index (χ2v) is 3.42. The number of ketones is 1. The molecule has 0 atom stereocenters. The summed E-state index contributed by atoms with van der Waals surface area (Å²) in [7, 11) is 0. The lowest BCUT2D eigenvalue weighted by molar-refractivity contribution is 0.0958. The molecule has 1 aromatic carbocycles. The Balaban J connectivity index is 1.79. The zero-order chi connectivity index (χ0) is 11.2. The van der Waals surface area contributed by atoms with Crippen molar-refractivity contribution in [2.45, 2.75) is 6.42 Å². The Morgan fingerprint density at radius 2 is 1.94 bits per heavy atom. The van der Waals surface area contributed by atoms with Crippen LogP contribution in [0.1, 0.15) is 16.9 Å². The third-order valence-electron chi connectivity index (χ3n) is 2.24. The summed E-state index contributed by atoms with van der Waals surface area (Å²) in [5, 5.41) is 0. The molecule has 2 rings (SSSR count). The molecule has 3 heteroatoms. The molecule has 82 valence electrons. The van der Waals surface area contributed by atoms with Crippen LogP contribution in [0.25, 0.3) is 0 Å². The van der Waals surface area contributed by atoms with Crippen molar-refractivity contribution in [3.63, 3.8) is 0 Å². The third-order valence-corrected chi connectivity index (χ3v) is 2.24. The first-order chi connectivity index (χ1) is 7.86. The third kappa shape index (κ3) is 2.73. The molecule has 1 heterocycles. The topological polar surface area (TPSA) is 42.1 Å². The fourth-order valence-corrected chi connectivity index (χ4v) is 1.42. The lowest BCUT2D eigenvalue weighted by atomic mass is 10.2. The van der Waals surface area contributed by atoms with Gasteiger partial charge in [0.1, 0.15) is 5.75 Å². The number of ether oxygens (including phenoxy) is 1.